The maximum absolute atomic E-state index is 12.4. The fourth-order valence-corrected chi connectivity index (χ4v) is 3.96. The highest BCUT2D eigenvalue weighted by atomic mass is 16.8. The molecule has 0 aromatic heterocycles. The molecule has 1 saturated carbocycles. The number of hydrogen-bond acceptors (Lipinski definition) is 10. The first-order chi connectivity index (χ1) is 12.8. The number of carbonyl (C=O) groups excluding carboxylic acids is 2. The zero-order chi connectivity index (χ0) is 19.9. The summed E-state index contributed by atoms with van der Waals surface area (Å²) in [5.41, 5.74) is 0.102. The Bertz CT molecular complexity index is 617. The van der Waals surface area contributed by atoms with Gasteiger partial charge >= 0.3 is 5.97 Å². The van der Waals surface area contributed by atoms with Gasteiger partial charge in [-0.2, -0.15) is 0 Å². The maximum atomic E-state index is 12.4. The van der Waals surface area contributed by atoms with E-state index in [1.165, 1.54) is 7.11 Å². The molecule has 1 aliphatic carbocycles. The highest BCUT2D eigenvalue weighted by molar-refractivity contribution is 5.99. The minimum Gasteiger partial charge on any atom is -0.472 e. The van der Waals surface area contributed by atoms with E-state index in [2.05, 4.69) is 0 Å². The summed E-state index contributed by atoms with van der Waals surface area (Å²) in [6.07, 6.45) is -6.93. The van der Waals surface area contributed by atoms with E-state index in [1.807, 2.05) is 6.92 Å². The SMILES string of the molecule is COC(=O)C1=COC(O[C@H]2OC(CO)[C@H](O)C(O)C2O)[C@H]2C1C(=O)C[C@@H]2C. The number of esters is 1. The van der Waals surface area contributed by atoms with Gasteiger partial charge in [0.1, 0.15) is 30.2 Å². The molecule has 27 heavy (non-hydrogen) atoms. The van der Waals surface area contributed by atoms with Crippen molar-refractivity contribution in [1.82, 2.24) is 0 Å². The van der Waals surface area contributed by atoms with Gasteiger partial charge in [-0.25, -0.2) is 4.79 Å². The van der Waals surface area contributed by atoms with E-state index in [9.17, 15) is 30.0 Å². The zero-order valence-electron chi connectivity index (χ0n) is 14.9. The quantitative estimate of drug-likeness (QED) is 0.400. The molecule has 2 fully saturated rings. The summed E-state index contributed by atoms with van der Waals surface area (Å²) in [5, 5.41) is 39.1. The van der Waals surface area contributed by atoms with Gasteiger partial charge in [0, 0.05) is 12.3 Å². The molecule has 5 unspecified atom stereocenters. The third-order valence-corrected chi connectivity index (χ3v) is 5.43. The highest BCUT2D eigenvalue weighted by Gasteiger charge is 2.54. The second kappa shape index (κ2) is 7.82. The molecule has 0 radical (unpaired) electrons. The fourth-order valence-electron chi connectivity index (χ4n) is 3.96. The summed E-state index contributed by atoms with van der Waals surface area (Å²) < 4.78 is 21.2. The van der Waals surface area contributed by atoms with Crippen LogP contribution < -0.4 is 0 Å². The molecule has 10 nitrogen and oxygen atoms in total. The monoisotopic (exact) mass is 388 g/mol. The number of ether oxygens (including phenoxy) is 4. The molecule has 0 aromatic rings. The molecule has 1 saturated heterocycles. The second-order valence-electron chi connectivity index (χ2n) is 7.11. The van der Waals surface area contributed by atoms with Crippen LogP contribution in [-0.4, -0.2) is 82.9 Å². The van der Waals surface area contributed by atoms with Crippen molar-refractivity contribution in [3.8, 4) is 0 Å². The Morgan fingerprint density at radius 2 is 1.93 bits per heavy atom. The van der Waals surface area contributed by atoms with E-state index in [0.29, 0.717) is 0 Å². The topological polar surface area (TPSA) is 152 Å². The molecule has 3 rings (SSSR count). The van der Waals surface area contributed by atoms with E-state index in [-0.39, 0.29) is 23.7 Å². The Morgan fingerprint density at radius 3 is 2.56 bits per heavy atom. The average molecular weight is 388 g/mol. The van der Waals surface area contributed by atoms with E-state index >= 15 is 0 Å². The maximum Gasteiger partial charge on any atom is 0.337 e. The number of hydrogen-bond donors (Lipinski definition) is 4. The predicted octanol–water partition coefficient (Wildman–Crippen LogP) is -1.94. The molecule has 0 spiro atoms. The van der Waals surface area contributed by atoms with E-state index < -0.39 is 61.4 Å². The van der Waals surface area contributed by atoms with Gasteiger partial charge in [-0.3, -0.25) is 4.79 Å². The molecule has 0 bridgehead atoms. The lowest BCUT2D eigenvalue weighted by Gasteiger charge is -2.42. The van der Waals surface area contributed by atoms with Crippen molar-refractivity contribution in [2.45, 2.75) is 50.3 Å². The van der Waals surface area contributed by atoms with Crippen LogP contribution >= 0.6 is 0 Å². The molecule has 3 aliphatic rings. The third-order valence-electron chi connectivity index (χ3n) is 5.43. The van der Waals surface area contributed by atoms with Crippen molar-refractivity contribution in [1.29, 1.82) is 0 Å². The Kier molecular flexibility index (Phi) is 5.84. The Labute approximate surface area is 155 Å². The van der Waals surface area contributed by atoms with Gasteiger partial charge < -0.3 is 39.4 Å². The summed E-state index contributed by atoms with van der Waals surface area (Å²) >= 11 is 0. The van der Waals surface area contributed by atoms with Crippen LogP contribution in [0.1, 0.15) is 13.3 Å². The van der Waals surface area contributed by atoms with Gasteiger partial charge in [0.15, 0.2) is 6.29 Å². The van der Waals surface area contributed by atoms with Crippen molar-refractivity contribution < 1.29 is 49.0 Å². The normalized spacial score (nSPS) is 44.3. The molecule has 9 atom stereocenters. The lowest BCUT2D eigenvalue weighted by atomic mass is 9.83. The van der Waals surface area contributed by atoms with Gasteiger partial charge in [0.05, 0.1) is 31.5 Å². The molecule has 0 amide bonds. The molecule has 152 valence electrons. The number of methoxy groups -OCH3 is 1. The zero-order valence-corrected chi connectivity index (χ0v) is 14.9. The molecule has 4 N–H and O–H groups in total. The fraction of sp³-hybridized carbons (Fsp3) is 0.765. The minimum absolute atomic E-state index is 0.102. The first kappa shape index (κ1) is 20.2. The number of aliphatic hydroxyl groups is 4. The lowest BCUT2D eigenvalue weighted by Crippen LogP contribution is -2.60. The van der Waals surface area contributed by atoms with Crippen molar-refractivity contribution in [2.75, 3.05) is 13.7 Å². The summed E-state index contributed by atoms with van der Waals surface area (Å²) in [7, 11) is 1.21. The number of Topliss-reactive ketones (excluding diaryl/α,β-unsaturated/α-hetero) is 1. The number of aliphatic hydroxyl groups excluding tert-OH is 4. The Morgan fingerprint density at radius 1 is 1.22 bits per heavy atom. The van der Waals surface area contributed by atoms with Crippen molar-refractivity contribution in [2.24, 2.45) is 17.8 Å². The summed E-state index contributed by atoms with van der Waals surface area (Å²) in [6, 6.07) is 0. The number of rotatable bonds is 4. The summed E-state index contributed by atoms with van der Waals surface area (Å²) in [5.74, 6) is -2.28. The lowest BCUT2D eigenvalue weighted by molar-refractivity contribution is -0.342. The van der Waals surface area contributed by atoms with Crippen LogP contribution in [0.5, 0.6) is 0 Å². The van der Waals surface area contributed by atoms with Gasteiger partial charge in [0.25, 0.3) is 0 Å². The van der Waals surface area contributed by atoms with E-state index in [0.717, 1.165) is 6.26 Å². The second-order valence-corrected chi connectivity index (χ2v) is 7.11. The first-order valence-electron chi connectivity index (χ1n) is 8.72. The van der Waals surface area contributed by atoms with Gasteiger partial charge in [-0.1, -0.05) is 6.92 Å². The van der Waals surface area contributed by atoms with Gasteiger partial charge in [0.2, 0.25) is 6.29 Å². The van der Waals surface area contributed by atoms with Gasteiger partial charge in [-0.05, 0) is 5.92 Å². The van der Waals surface area contributed by atoms with Gasteiger partial charge in [-0.15, -0.1) is 0 Å². The largest absolute Gasteiger partial charge is 0.472 e. The summed E-state index contributed by atoms with van der Waals surface area (Å²) in [4.78, 5) is 24.4. The highest BCUT2D eigenvalue weighted by Crippen LogP contribution is 2.45. The van der Waals surface area contributed by atoms with Crippen molar-refractivity contribution in [3.05, 3.63) is 11.8 Å². The third kappa shape index (κ3) is 3.48. The van der Waals surface area contributed by atoms with Crippen LogP contribution in [0.4, 0.5) is 0 Å². The predicted molar refractivity (Wildman–Crippen MR) is 85.6 cm³/mol. The van der Waals surface area contributed by atoms with E-state index in [4.69, 9.17) is 18.9 Å². The van der Waals surface area contributed by atoms with Crippen LogP contribution in [0.15, 0.2) is 11.8 Å². The van der Waals surface area contributed by atoms with Crippen molar-refractivity contribution >= 4 is 11.8 Å². The van der Waals surface area contributed by atoms with Crippen LogP contribution in [0.3, 0.4) is 0 Å². The van der Waals surface area contributed by atoms with Crippen molar-refractivity contribution in [3.63, 3.8) is 0 Å². The first-order valence-corrected chi connectivity index (χ1v) is 8.72. The van der Waals surface area contributed by atoms with Crippen LogP contribution in [0.25, 0.3) is 0 Å². The molecule has 0 aromatic carbocycles. The van der Waals surface area contributed by atoms with E-state index in [1.54, 1.807) is 0 Å². The van der Waals surface area contributed by atoms with Crippen LogP contribution in [0.2, 0.25) is 0 Å². The number of ketones is 1. The number of carbonyl (C=O) groups is 2. The Balaban J connectivity index is 1.82. The van der Waals surface area contributed by atoms with Crippen LogP contribution in [-0.2, 0) is 28.5 Å². The minimum atomic E-state index is -1.59. The molecule has 10 heteroatoms. The smallest absolute Gasteiger partial charge is 0.337 e. The molecule has 2 aliphatic heterocycles. The Hall–Kier alpha value is -1.56. The molecule has 2 heterocycles. The van der Waals surface area contributed by atoms with Crippen LogP contribution in [0, 0.1) is 17.8 Å². The average Bonchev–Trinajstić information content (AvgIpc) is 2.96. The standard InChI is InChI=1S/C17H24O10/c1-6-3-8(19)11-7(15(23)24-2)5-25-16(10(6)11)27-17-14(22)13(21)12(20)9(4-18)26-17/h5-6,9-14,16-18,20-22H,3-4H2,1-2H3/t6-,9?,10+,11?,12-,13?,14?,16?,17+/m0/s1. The molecular formula is C17H24O10. The number of fused-ring (bicyclic) bond motifs is 1. The molecular weight excluding hydrogens is 364 g/mol. The summed E-state index contributed by atoms with van der Waals surface area (Å²) in [6.45, 7) is 1.22.